The third-order valence-electron chi connectivity index (χ3n) is 5.94. The molecule has 4 rings (SSSR count). The van der Waals surface area contributed by atoms with Crippen molar-refractivity contribution < 1.29 is 14.3 Å². The van der Waals surface area contributed by atoms with Crippen LogP contribution in [-0.4, -0.2) is 24.5 Å². The number of hydrogen-bond donors (Lipinski definition) is 2. The molecule has 1 saturated carbocycles. The van der Waals surface area contributed by atoms with Gasteiger partial charge in [0.25, 0.3) is 11.8 Å². The lowest BCUT2D eigenvalue weighted by molar-refractivity contribution is 0.0927. The van der Waals surface area contributed by atoms with Gasteiger partial charge in [-0.1, -0.05) is 55.7 Å². The fourth-order valence-electron chi connectivity index (χ4n) is 4.08. The normalized spacial score (nSPS) is 13.8. The first kappa shape index (κ1) is 22.6. The minimum atomic E-state index is -0.220. The maximum absolute atomic E-state index is 12.7. The Balaban J connectivity index is 1.29. The van der Waals surface area contributed by atoms with Crippen LogP contribution in [0.4, 0.5) is 5.69 Å². The van der Waals surface area contributed by atoms with Crippen LogP contribution >= 0.6 is 0 Å². The van der Waals surface area contributed by atoms with E-state index in [0.29, 0.717) is 29.2 Å². The highest BCUT2D eigenvalue weighted by atomic mass is 16.5. The molecule has 0 aliphatic heterocycles. The van der Waals surface area contributed by atoms with Gasteiger partial charge in [-0.2, -0.15) is 0 Å². The molecule has 2 amide bonds. The molecule has 0 aromatic heterocycles. The lowest BCUT2D eigenvalue weighted by Crippen LogP contribution is -2.36. The summed E-state index contributed by atoms with van der Waals surface area (Å²) in [6.07, 6.45) is 6.51. The molecule has 1 aliphatic rings. The van der Waals surface area contributed by atoms with Crippen LogP contribution in [-0.2, 0) is 6.42 Å². The van der Waals surface area contributed by atoms with Crippen molar-refractivity contribution in [2.45, 2.75) is 44.6 Å². The van der Waals surface area contributed by atoms with Crippen molar-refractivity contribution >= 4 is 17.5 Å². The van der Waals surface area contributed by atoms with E-state index in [1.807, 2.05) is 30.3 Å². The number of ether oxygens (including phenoxy) is 1. The van der Waals surface area contributed by atoms with Crippen LogP contribution in [0.5, 0.6) is 5.75 Å². The predicted molar refractivity (Wildman–Crippen MR) is 131 cm³/mol. The molecule has 0 saturated heterocycles. The molecular weight excluding hydrogens is 412 g/mol. The number of hydrogen-bond acceptors (Lipinski definition) is 3. The molecule has 2 N–H and O–H groups in total. The Morgan fingerprint density at radius 2 is 1.55 bits per heavy atom. The Kier molecular flexibility index (Phi) is 7.75. The number of amides is 2. The van der Waals surface area contributed by atoms with Crippen LogP contribution in [0.1, 0.15) is 58.4 Å². The third kappa shape index (κ3) is 6.69. The molecule has 33 heavy (non-hydrogen) atoms. The summed E-state index contributed by atoms with van der Waals surface area (Å²) in [6, 6.07) is 24.6. The van der Waals surface area contributed by atoms with E-state index in [1.54, 1.807) is 36.4 Å². The largest absolute Gasteiger partial charge is 0.493 e. The Labute approximate surface area is 195 Å². The average molecular weight is 443 g/mol. The van der Waals surface area contributed by atoms with Crippen molar-refractivity contribution in [2.75, 3.05) is 11.9 Å². The molecule has 0 atom stereocenters. The summed E-state index contributed by atoms with van der Waals surface area (Å²) < 4.78 is 5.83. The fraction of sp³-hybridized carbons (Fsp3) is 0.286. The van der Waals surface area contributed by atoms with Gasteiger partial charge in [-0.05, 0) is 60.9 Å². The van der Waals surface area contributed by atoms with Gasteiger partial charge in [-0.25, -0.2) is 0 Å². The van der Waals surface area contributed by atoms with Gasteiger partial charge in [0.05, 0.1) is 6.61 Å². The molecule has 3 aromatic carbocycles. The van der Waals surface area contributed by atoms with Crippen LogP contribution < -0.4 is 15.4 Å². The molecule has 0 bridgehead atoms. The van der Waals surface area contributed by atoms with Crippen molar-refractivity contribution in [2.24, 2.45) is 0 Å². The van der Waals surface area contributed by atoms with Gasteiger partial charge in [-0.15, -0.1) is 0 Å². The van der Waals surface area contributed by atoms with Gasteiger partial charge in [0.1, 0.15) is 5.75 Å². The number of carbonyl (C=O) groups is 2. The zero-order valence-corrected chi connectivity index (χ0v) is 18.8. The van der Waals surface area contributed by atoms with Gasteiger partial charge in [-0.3, -0.25) is 9.59 Å². The summed E-state index contributed by atoms with van der Waals surface area (Å²) in [5, 5.41) is 6.00. The first-order valence-electron chi connectivity index (χ1n) is 11.7. The van der Waals surface area contributed by atoms with Gasteiger partial charge in [0.2, 0.25) is 0 Å². The zero-order chi connectivity index (χ0) is 22.9. The standard InChI is InChI=1S/C28H30N2O3/c31-27(29-24-11-5-2-6-12-24)22-14-16-25(17-15-22)30-28(32)23-10-7-13-26(20-23)33-19-18-21-8-3-1-4-9-21/h1,3-4,7-10,13-17,20,24H,2,5-6,11-12,18-19H2,(H,29,31)(H,30,32). The first-order valence-corrected chi connectivity index (χ1v) is 11.7. The maximum Gasteiger partial charge on any atom is 0.255 e. The van der Waals surface area contributed by atoms with Crippen LogP contribution in [0.25, 0.3) is 0 Å². The lowest BCUT2D eigenvalue weighted by atomic mass is 9.95. The number of benzene rings is 3. The predicted octanol–water partition coefficient (Wildman–Crippen LogP) is 5.62. The highest BCUT2D eigenvalue weighted by Crippen LogP contribution is 2.19. The van der Waals surface area contributed by atoms with E-state index < -0.39 is 0 Å². The van der Waals surface area contributed by atoms with E-state index in [2.05, 4.69) is 22.8 Å². The summed E-state index contributed by atoms with van der Waals surface area (Å²) in [7, 11) is 0. The first-order chi connectivity index (χ1) is 16.2. The zero-order valence-electron chi connectivity index (χ0n) is 18.8. The van der Waals surface area contributed by atoms with Crippen molar-refractivity contribution in [3.63, 3.8) is 0 Å². The second kappa shape index (κ2) is 11.3. The highest BCUT2D eigenvalue weighted by molar-refractivity contribution is 6.04. The molecule has 0 radical (unpaired) electrons. The van der Waals surface area contributed by atoms with Gasteiger partial charge in [0, 0.05) is 29.3 Å². The van der Waals surface area contributed by atoms with Crippen LogP contribution in [0.2, 0.25) is 0 Å². The van der Waals surface area contributed by atoms with Crippen LogP contribution in [0.15, 0.2) is 78.9 Å². The molecule has 0 spiro atoms. The smallest absolute Gasteiger partial charge is 0.255 e. The minimum absolute atomic E-state index is 0.0554. The van der Waals surface area contributed by atoms with Crippen molar-refractivity contribution in [3.8, 4) is 5.75 Å². The van der Waals surface area contributed by atoms with Gasteiger partial charge >= 0.3 is 0 Å². The maximum atomic E-state index is 12.7. The van der Waals surface area contributed by atoms with E-state index in [-0.39, 0.29) is 17.9 Å². The molecule has 170 valence electrons. The molecule has 1 fully saturated rings. The summed E-state index contributed by atoms with van der Waals surface area (Å²) >= 11 is 0. The lowest BCUT2D eigenvalue weighted by Gasteiger charge is -2.22. The minimum Gasteiger partial charge on any atom is -0.493 e. The topological polar surface area (TPSA) is 67.4 Å². The Morgan fingerprint density at radius 3 is 2.30 bits per heavy atom. The van der Waals surface area contributed by atoms with Gasteiger partial charge in [0.15, 0.2) is 0 Å². The molecule has 5 heteroatoms. The van der Waals surface area contributed by atoms with E-state index in [0.717, 1.165) is 19.3 Å². The number of nitrogens with one attached hydrogen (secondary N) is 2. The molecule has 5 nitrogen and oxygen atoms in total. The Bertz CT molecular complexity index is 1060. The van der Waals surface area contributed by atoms with Crippen molar-refractivity contribution in [3.05, 3.63) is 95.6 Å². The van der Waals surface area contributed by atoms with E-state index in [4.69, 9.17) is 4.74 Å². The van der Waals surface area contributed by atoms with Crippen LogP contribution in [0, 0.1) is 0 Å². The summed E-state index contributed by atoms with van der Waals surface area (Å²) in [5.74, 6) is 0.386. The van der Waals surface area contributed by atoms with Crippen molar-refractivity contribution in [1.29, 1.82) is 0 Å². The second-order valence-corrected chi connectivity index (χ2v) is 8.45. The highest BCUT2D eigenvalue weighted by Gasteiger charge is 2.16. The summed E-state index contributed by atoms with van der Waals surface area (Å²) in [4.78, 5) is 25.2. The Hall–Kier alpha value is -3.60. The van der Waals surface area contributed by atoms with Crippen molar-refractivity contribution in [1.82, 2.24) is 5.32 Å². The number of carbonyl (C=O) groups excluding carboxylic acids is 2. The fourth-order valence-corrected chi connectivity index (χ4v) is 4.08. The van der Waals surface area contributed by atoms with E-state index in [1.165, 1.54) is 24.8 Å². The SMILES string of the molecule is O=C(Nc1ccc(C(=O)NC2CCCCC2)cc1)c1cccc(OCCc2ccccc2)c1. The number of rotatable bonds is 8. The summed E-state index contributed by atoms with van der Waals surface area (Å²) in [6.45, 7) is 0.541. The average Bonchev–Trinajstić information content (AvgIpc) is 2.86. The van der Waals surface area contributed by atoms with Crippen LogP contribution in [0.3, 0.4) is 0 Å². The summed E-state index contributed by atoms with van der Waals surface area (Å²) in [5.41, 5.74) is 2.98. The van der Waals surface area contributed by atoms with E-state index in [9.17, 15) is 9.59 Å². The third-order valence-corrected chi connectivity index (χ3v) is 5.94. The number of anilines is 1. The molecular formula is C28H30N2O3. The second-order valence-electron chi connectivity index (χ2n) is 8.45. The van der Waals surface area contributed by atoms with Gasteiger partial charge < -0.3 is 15.4 Å². The Morgan fingerprint density at radius 1 is 0.788 bits per heavy atom. The quantitative estimate of drug-likeness (QED) is 0.476. The molecule has 0 unspecified atom stereocenters. The monoisotopic (exact) mass is 442 g/mol. The molecule has 0 heterocycles. The molecule has 1 aliphatic carbocycles. The van der Waals surface area contributed by atoms with E-state index >= 15 is 0 Å². The molecule has 3 aromatic rings.